The molecule has 16 heteroatoms. The second-order valence-electron chi connectivity index (χ2n) is 8.14. The predicted molar refractivity (Wildman–Crippen MR) is 134 cm³/mol. The minimum atomic E-state index is -5.58. The maximum atomic E-state index is 12.9. The highest BCUT2D eigenvalue weighted by Gasteiger charge is 2.46. The van der Waals surface area contributed by atoms with Gasteiger partial charge >= 0.3 is 21.4 Å². The highest BCUT2D eigenvalue weighted by Crippen LogP contribution is 2.30. The van der Waals surface area contributed by atoms with Crippen molar-refractivity contribution in [1.29, 1.82) is 0 Å². The van der Waals surface area contributed by atoms with Crippen LogP contribution < -0.4 is 15.1 Å². The smallest absolute Gasteiger partial charge is 0.493 e. The number of sulfone groups is 1. The first kappa shape index (κ1) is 27.9. The van der Waals surface area contributed by atoms with E-state index < -0.39 is 42.0 Å². The Morgan fingerprint density at radius 2 is 1.59 bits per heavy atom. The lowest BCUT2D eigenvalue weighted by molar-refractivity contribution is -0.0436. The van der Waals surface area contributed by atoms with Crippen LogP contribution in [0.3, 0.4) is 0 Å². The molecule has 0 fully saturated rings. The summed E-state index contributed by atoms with van der Waals surface area (Å²) in [5.41, 5.74) is -5.19. The van der Waals surface area contributed by atoms with Gasteiger partial charge in [0.25, 0.3) is 9.84 Å². The van der Waals surface area contributed by atoms with Gasteiger partial charge in [0, 0.05) is 12.7 Å². The quantitative estimate of drug-likeness (QED) is 0.274. The Kier molecular flexibility index (Phi) is 7.54. The van der Waals surface area contributed by atoms with E-state index in [1.165, 1.54) is 18.3 Å². The first-order chi connectivity index (χ1) is 18.3. The SMILES string of the molecule is O=c1n(Cc2ccnc(NS(=O)(=O)NCc3ccccc3)c2)cc(O)n1-c1ccc(S(=O)(=O)C(F)(F)F)cc1. The van der Waals surface area contributed by atoms with Gasteiger partial charge in [-0.1, -0.05) is 30.3 Å². The molecular weight excluding hydrogens is 563 g/mol. The third kappa shape index (κ3) is 6.30. The normalized spacial score (nSPS) is 12.4. The summed E-state index contributed by atoms with van der Waals surface area (Å²) in [7, 11) is -9.56. The standard InChI is InChI=1S/C23H20F3N5O6S2/c24-23(25,26)38(34,35)19-8-6-18(7-9-19)31-21(32)15-30(22(31)33)14-17-10-11-27-20(12-17)29-39(36,37)28-13-16-4-2-1-3-5-16/h1-12,15,28,32H,13-14H2,(H,27,29). The van der Waals surface area contributed by atoms with Gasteiger partial charge < -0.3 is 5.11 Å². The summed E-state index contributed by atoms with van der Waals surface area (Å²) in [6.45, 7) is -0.0875. The molecule has 0 atom stereocenters. The summed E-state index contributed by atoms with van der Waals surface area (Å²) in [6, 6.07) is 15.0. The Hall–Kier alpha value is -4.15. The van der Waals surface area contributed by atoms with Crippen molar-refractivity contribution >= 4 is 25.9 Å². The fourth-order valence-corrected chi connectivity index (χ4v) is 5.09. The molecule has 2 heterocycles. The first-order valence-electron chi connectivity index (χ1n) is 11.0. The van der Waals surface area contributed by atoms with Crippen molar-refractivity contribution in [2.24, 2.45) is 0 Å². The van der Waals surface area contributed by atoms with E-state index in [0.717, 1.165) is 33.0 Å². The number of halogens is 3. The molecule has 0 aliphatic rings. The lowest BCUT2D eigenvalue weighted by atomic mass is 10.2. The first-order valence-corrected chi connectivity index (χ1v) is 13.9. The molecule has 0 amide bonds. The van der Waals surface area contributed by atoms with Crippen molar-refractivity contribution in [3.05, 3.63) is 101 Å². The average Bonchev–Trinajstić information content (AvgIpc) is 3.15. The van der Waals surface area contributed by atoms with Crippen molar-refractivity contribution in [3.63, 3.8) is 0 Å². The molecule has 0 aliphatic heterocycles. The Labute approximate surface area is 220 Å². The molecule has 2 aromatic heterocycles. The minimum absolute atomic E-state index is 0.0359. The Bertz CT molecular complexity index is 1750. The van der Waals surface area contributed by atoms with Crippen LogP contribution in [0.2, 0.25) is 0 Å². The number of benzene rings is 2. The second-order valence-corrected chi connectivity index (χ2v) is 11.6. The number of aromatic hydroxyl groups is 1. The summed E-state index contributed by atoms with van der Waals surface area (Å²) in [5.74, 6) is -0.599. The van der Waals surface area contributed by atoms with E-state index >= 15 is 0 Å². The topological polar surface area (TPSA) is 152 Å². The zero-order valence-corrected chi connectivity index (χ0v) is 21.3. The largest absolute Gasteiger partial charge is 0.501 e. The number of nitrogens with zero attached hydrogens (tertiary/aromatic N) is 3. The Morgan fingerprint density at radius 1 is 0.923 bits per heavy atom. The highest BCUT2D eigenvalue weighted by molar-refractivity contribution is 7.92. The van der Waals surface area contributed by atoms with Gasteiger partial charge in [0.05, 0.1) is 23.3 Å². The van der Waals surface area contributed by atoms with Crippen molar-refractivity contribution in [2.75, 3.05) is 4.72 Å². The fraction of sp³-hybridized carbons (Fsp3) is 0.130. The van der Waals surface area contributed by atoms with Gasteiger partial charge in [-0.15, -0.1) is 0 Å². The van der Waals surface area contributed by atoms with Crippen LogP contribution in [-0.4, -0.2) is 41.6 Å². The van der Waals surface area contributed by atoms with Gasteiger partial charge in [0.1, 0.15) is 5.82 Å². The number of hydrogen-bond donors (Lipinski definition) is 3. The molecule has 0 bridgehead atoms. The van der Waals surface area contributed by atoms with Crippen molar-refractivity contribution < 1.29 is 35.1 Å². The molecule has 206 valence electrons. The van der Waals surface area contributed by atoms with Crippen LogP contribution in [0.5, 0.6) is 5.88 Å². The highest BCUT2D eigenvalue weighted by atomic mass is 32.2. The number of pyridine rings is 1. The molecule has 0 spiro atoms. The molecule has 0 unspecified atom stereocenters. The van der Waals surface area contributed by atoms with Gasteiger partial charge in [-0.05, 0) is 47.5 Å². The van der Waals surface area contributed by atoms with Gasteiger partial charge in [-0.3, -0.25) is 9.29 Å². The van der Waals surface area contributed by atoms with E-state index in [2.05, 4.69) is 14.4 Å². The molecule has 0 aliphatic carbocycles. The number of hydrogen-bond acceptors (Lipinski definition) is 7. The van der Waals surface area contributed by atoms with E-state index in [1.54, 1.807) is 30.3 Å². The van der Waals surface area contributed by atoms with Crippen LogP contribution in [0.15, 0.2) is 88.8 Å². The van der Waals surface area contributed by atoms with E-state index in [0.29, 0.717) is 17.7 Å². The van der Waals surface area contributed by atoms with Gasteiger partial charge in [0.2, 0.25) is 5.88 Å². The fourth-order valence-electron chi connectivity index (χ4n) is 3.52. The van der Waals surface area contributed by atoms with Crippen LogP contribution >= 0.6 is 0 Å². The molecule has 4 aromatic rings. The number of rotatable bonds is 9. The Balaban J connectivity index is 1.51. The summed E-state index contributed by atoms with van der Waals surface area (Å²) in [5, 5.41) is 10.3. The van der Waals surface area contributed by atoms with Crippen molar-refractivity contribution in [1.82, 2.24) is 18.8 Å². The molecule has 39 heavy (non-hydrogen) atoms. The second kappa shape index (κ2) is 10.5. The van der Waals surface area contributed by atoms with Crippen LogP contribution in [0.1, 0.15) is 11.1 Å². The van der Waals surface area contributed by atoms with Crippen LogP contribution in [0.4, 0.5) is 19.0 Å². The predicted octanol–water partition coefficient (Wildman–Crippen LogP) is 2.53. The van der Waals surface area contributed by atoms with Crippen LogP contribution in [0, 0.1) is 0 Å². The number of nitrogens with one attached hydrogen (secondary N) is 2. The van der Waals surface area contributed by atoms with Crippen molar-refractivity contribution in [2.45, 2.75) is 23.5 Å². The lowest BCUT2D eigenvalue weighted by Gasteiger charge is -2.10. The maximum Gasteiger partial charge on any atom is 0.501 e. The van der Waals surface area contributed by atoms with E-state index in [9.17, 15) is 39.9 Å². The summed E-state index contributed by atoms with van der Waals surface area (Å²) >= 11 is 0. The molecule has 3 N–H and O–H groups in total. The summed E-state index contributed by atoms with van der Waals surface area (Å²) < 4.78 is 92.7. The van der Waals surface area contributed by atoms with Gasteiger partial charge in [-0.25, -0.2) is 22.8 Å². The molecule has 0 saturated carbocycles. The molecule has 0 saturated heterocycles. The average molecular weight is 584 g/mol. The van der Waals surface area contributed by atoms with E-state index in [4.69, 9.17) is 0 Å². The van der Waals surface area contributed by atoms with Crippen molar-refractivity contribution in [3.8, 4) is 11.6 Å². The lowest BCUT2D eigenvalue weighted by Crippen LogP contribution is -2.30. The zero-order chi connectivity index (χ0) is 28.4. The molecule has 2 aromatic carbocycles. The number of imidazole rings is 1. The molecule has 0 radical (unpaired) electrons. The third-order valence-corrected chi connectivity index (χ3v) is 7.88. The summed E-state index contributed by atoms with van der Waals surface area (Å²) in [4.78, 5) is 15.8. The summed E-state index contributed by atoms with van der Waals surface area (Å²) in [6.07, 6.45) is 2.38. The molecule has 4 rings (SSSR count). The van der Waals surface area contributed by atoms with Gasteiger partial charge in [-0.2, -0.15) is 26.3 Å². The number of anilines is 1. The Morgan fingerprint density at radius 3 is 2.23 bits per heavy atom. The molecular formula is C23H20F3N5O6S2. The minimum Gasteiger partial charge on any atom is -0.493 e. The maximum absolute atomic E-state index is 12.9. The monoisotopic (exact) mass is 583 g/mol. The van der Waals surface area contributed by atoms with E-state index in [1.807, 2.05) is 0 Å². The van der Waals surface area contributed by atoms with Crippen LogP contribution in [-0.2, 0) is 33.1 Å². The van der Waals surface area contributed by atoms with Crippen LogP contribution in [0.25, 0.3) is 5.69 Å². The number of alkyl halides is 3. The van der Waals surface area contributed by atoms with E-state index in [-0.39, 0.29) is 24.6 Å². The third-order valence-electron chi connectivity index (χ3n) is 5.37. The zero-order valence-electron chi connectivity index (χ0n) is 19.7. The number of aromatic nitrogens is 3. The van der Waals surface area contributed by atoms with Gasteiger partial charge in [0.15, 0.2) is 0 Å². The molecule has 11 nitrogen and oxygen atoms in total.